The van der Waals surface area contributed by atoms with Gasteiger partial charge in [-0.15, -0.1) is 0 Å². The van der Waals surface area contributed by atoms with Crippen molar-refractivity contribution in [1.29, 1.82) is 0 Å². The lowest BCUT2D eigenvalue weighted by Crippen LogP contribution is -2.35. The average Bonchev–Trinajstić information content (AvgIpc) is 3.01. The van der Waals surface area contributed by atoms with Gasteiger partial charge in [0.25, 0.3) is 0 Å². The van der Waals surface area contributed by atoms with Crippen LogP contribution in [0.5, 0.6) is 0 Å². The van der Waals surface area contributed by atoms with Crippen LogP contribution in [0.15, 0.2) is 12.4 Å². The molecule has 0 unspecified atom stereocenters. The van der Waals surface area contributed by atoms with Crippen molar-refractivity contribution in [3.8, 4) is 0 Å². The van der Waals surface area contributed by atoms with Gasteiger partial charge in [0.15, 0.2) is 0 Å². The summed E-state index contributed by atoms with van der Waals surface area (Å²) in [4.78, 5) is 6.89. The van der Waals surface area contributed by atoms with Gasteiger partial charge >= 0.3 is 0 Å². The van der Waals surface area contributed by atoms with Crippen LogP contribution in [0.25, 0.3) is 0 Å². The van der Waals surface area contributed by atoms with E-state index in [0.717, 1.165) is 19.1 Å². The smallest absolute Gasteiger partial charge is 0.122 e. The van der Waals surface area contributed by atoms with E-state index < -0.39 is 0 Å². The fourth-order valence-electron chi connectivity index (χ4n) is 2.31. The molecule has 1 saturated carbocycles. The highest BCUT2D eigenvalue weighted by Crippen LogP contribution is 2.18. The Hall–Kier alpha value is -0.870. The third-order valence-corrected chi connectivity index (χ3v) is 3.49. The van der Waals surface area contributed by atoms with Crippen molar-refractivity contribution >= 4 is 0 Å². The van der Waals surface area contributed by atoms with Crippen LogP contribution in [-0.4, -0.2) is 40.1 Å². The summed E-state index contributed by atoms with van der Waals surface area (Å²) >= 11 is 0. The van der Waals surface area contributed by atoms with Gasteiger partial charge in [-0.05, 0) is 32.4 Å². The highest BCUT2D eigenvalue weighted by molar-refractivity contribution is 4.95. The topological polar surface area (TPSA) is 33.1 Å². The van der Waals surface area contributed by atoms with E-state index in [1.54, 1.807) is 0 Å². The summed E-state index contributed by atoms with van der Waals surface area (Å²) in [6.45, 7) is 5.68. The van der Waals surface area contributed by atoms with E-state index in [4.69, 9.17) is 0 Å². The third kappa shape index (κ3) is 2.44. The lowest BCUT2D eigenvalue weighted by Gasteiger charge is -2.27. The number of imidazole rings is 1. The molecular formula is C12H20N4. The van der Waals surface area contributed by atoms with E-state index in [-0.39, 0.29) is 0 Å². The fourth-order valence-corrected chi connectivity index (χ4v) is 2.31. The van der Waals surface area contributed by atoms with Gasteiger partial charge in [0.2, 0.25) is 0 Å². The minimum absolute atomic E-state index is 0.847. The Kier molecular flexibility index (Phi) is 2.93. The van der Waals surface area contributed by atoms with E-state index in [2.05, 4.69) is 26.0 Å². The van der Waals surface area contributed by atoms with Crippen molar-refractivity contribution < 1.29 is 0 Å². The molecule has 1 aliphatic carbocycles. The molecular weight excluding hydrogens is 200 g/mol. The second-order valence-electron chi connectivity index (χ2n) is 4.89. The predicted octanol–water partition coefficient (Wildman–Crippen LogP) is 0.841. The van der Waals surface area contributed by atoms with Gasteiger partial charge in [-0.3, -0.25) is 4.90 Å². The van der Waals surface area contributed by atoms with Gasteiger partial charge < -0.3 is 9.88 Å². The van der Waals surface area contributed by atoms with Gasteiger partial charge in [-0.25, -0.2) is 4.98 Å². The number of rotatable bonds is 5. The third-order valence-electron chi connectivity index (χ3n) is 3.49. The van der Waals surface area contributed by atoms with Crippen LogP contribution in [0.4, 0.5) is 0 Å². The molecule has 1 fully saturated rings. The Bertz CT molecular complexity index is 343. The molecule has 0 spiro atoms. The molecule has 0 atom stereocenters. The molecule has 2 heterocycles. The molecule has 1 aromatic rings. The van der Waals surface area contributed by atoms with Crippen molar-refractivity contribution in [2.75, 3.05) is 19.6 Å². The van der Waals surface area contributed by atoms with Gasteiger partial charge in [0.05, 0.1) is 6.54 Å². The second kappa shape index (κ2) is 4.55. The van der Waals surface area contributed by atoms with E-state index >= 15 is 0 Å². The summed E-state index contributed by atoms with van der Waals surface area (Å²) in [5, 5.41) is 3.56. The molecule has 2 aliphatic rings. The van der Waals surface area contributed by atoms with Gasteiger partial charge in [0.1, 0.15) is 5.82 Å². The van der Waals surface area contributed by atoms with Gasteiger partial charge in [-0.2, -0.15) is 0 Å². The maximum atomic E-state index is 4.38. The molecule has 1 aromatic heterocycles. The van der Waals surface area contributed by atoms with E-state index in [9.17, 15) is 0 Å². The number of hydrogen-bond donors (Lipinski definition) is 1. The summed E-state index contributed by atoms with van der Waals surface area (Å²) in [5.41, 5.74) is 0. The largest absolute Gasteiger partial charge is 0.333 e. The molecule has 3 rings (SSSR count). The zero-order chi connectivity index (χ0) is 10.8. The lowest BCUT2D eigenvalue weighted by molar-refractivity contribution is 0.214. The maximum absolute atomic E-state index is 4.38. The Labute approximate surface area is 96.7 Å². The summed E-state index contributed by atoms with van der Waals surface area (Å²) < 4.78 is 2.26. The van der Waals surface area contributed by atoms with Gasteiger partial charge in [-0.1, -0.05) is 0 Å². The summed E-state index contributed by atoms with van der Waals surface area (Å²) in [6.07, 6.45) is 8.04. The average molecular weight is 220 g/mol. The quantitative estimate of drug-likeness (QED) is 0.747. The summed E-state index contributed by atoms with van der Waals surface area (Å²) in [6, 6.07) is 0.847. The number of hydrogen-bond acceptors (Lipinski definition) is 3. The first-order valence-corrected chi connectivity index (χ1v) is 6.37. The fraction of sp³-hybridized carbons (Fsp3) is 0.750. The number of nitrogens with one attached hydrogen (secondary N) is 1. The monoisotopic (exact) mass is 220 g/mol. The standard InChI is InChI=1S/C12H20N4/c1(4-13-11-2-3-11)6-15-8-9-16-7-5-14-12(16)10-15/h5,7,11,13H,1-4,6,8-10H2. The summed E-state index contributed by atoms with van der Waals surface area (Å²) in [7, 11) is 0. The SMILES string of the molecule is c1cn2c(n1)CN(CCCNC1CC1)CC2. The molecule has 16 heavy (non-hydrogen) atoms. The molecule has 88 valence electrons. The highest BCUT2D eigenvalue weighted by Gasteiger charge is 2.20. The lowest BCUT2D eigenvalue weighted by atomic mass is 10.3. The molecule has 0 amide bonds. The second-order valence-corrected chi connectivity index (χ2v) is 4.89. The zero-order valence-corrected chi connectivity index (χ0v) is 9.73. The Morgan fingerprint density at radius 2 is 2.31 bits per heavy atom. The first-order chi connectivity index (χ1) is 7.92. The molecule has 0 bridgehead atoms. The minimum Gasteiger partial charge on any atom is -0.333 e. The Morgan fingerprint density at radius 1 is 1.38 bits per heavy atom. The van der Waals surface area contributed by atoms with E-state index in [0.29, 0.717) is 0 Å². The highest BCUT2D eigenvalue weighted by atomic mass is 15.2. The predicted molar refractivity (Wildman–Crippen MR) is 63.1 cm³/mol. The first kappa shape index (κ1) is 10.3. The van der Waals surface area contributed by atoms with Crippen molar-refractivity contribution in [1.82, 2.24) is 19.8 Å². The van der Waals surface area contributed by atoms with Crippen molar-refractivity contribution in [2.24, 2.45) is 0 Å². The van der Waals surface area contributed by atoms with E-state index in [1.165, 1.54) is 44.7 Å². The van der Waals surface area contributed by atoms with Crippen LogP contribution >= 0.6 is 0 Å². The normalized spacial score (nSPS) is 21.0. The Morgan fingerprint density at radius 3 is 3.19 bits per heavy atom. The number of aromatic nitrogens is 2. The van der Waals surface area contributed by atoms with Crippen molar-refractivity contribution in [3.05, 3.63) is 18.2 Å². The van der Waals surface area contributed by atoms with Crippen LogP contribution in [0.2, 0.25) is 0 Å². The van der Waals surface area contributed by atoms with E-state index in [1.807, 2.05) is 6.20 Å². The van der Waals surface area contributed by atoms with Crippen LogP contribution < -0.4 is 5.32 Å². The molecule has 0 saturated heterocycles. The van der Waals surface area contributed by atoms with Gasteiger partial charge in [0, 0.05) is 31.5 Å². The zero-order valence-electron chi connectivity index (χ0n) is 9.73. The van der Waals surface area contributed by atoms with Crippen molar-refractivity contribution in [2.45, 2.75) is 38.4 Å². The van der Waals surface area contributed by atoms with Crippen molar-refractivity contribution in [3.63, 3.8) is 0 Å². The molecule has 1 aliphatic heterocycles. The Balaban J connectivity index is 1.39. The number of fused-ring (bicyclic) bond motifs is 1. The number of nitrogens with zero attached hydrogens (tertiary/aromatic N) is 3. The molecule has 1 N–H and O–H groups in total. The van der Waals surface area contributed by atoms with Crippen LogP contribution in [0.3, 0.4) is 0 Å². The molecule has 4 nitrogen and oxygen atoms in total. The maximum Gasteiger partial charge on any atom is 0.122 e. The molecule has 0 aromatic carbocycles. The van der Waals surface area contributed by atoms with Crippen LogP contribution in [0.1, 0.15) is 25.1 Å². The van der Waals surface area contributed by atoms with Crippen LogP contribution in [-0.2, 0) is 13.1 Å². The van der Waals surface area contributed by atoms with Crippen LogP contribution in [0, 0.1) is 0 Å². The first-order valence-electron chi connectivity index (χ1n) is 6.37. The molecule has 0 radical (unpaired) electrons. The molecule has 4 heteroatoms. The minimum atomic E-state index is 0.847. The summed E-state index contributed by atoms with van der Waals surface area (Å²) in [5.74, 6) is 1.22.